The number of benzene rings is 1. The topological polar surface area (TPSA) is 129 Å². The van der Waals surface area contributed by atoms with Crippen LogP contribution >= 0.6 is 0 Å². The second-order valence-corrected chi connectivity index (χ2v) is 9.22. The fourth-order valence-corrected chi connectivity index (χ4v) is 4.52. The molecule has 3 aromatic rings. The van der Waals surface area contributed by atoms with Gasteiger partial charge in [-0.2, -0.15) is 0 Å². The molecule has 1 fully saturated rings. The molecule has 36 heavy (non-hydrogen) atoms. The Kier molecular flexibility index (Phi) is 7.77. The number of hydrogen-bond donors (Lipinski definition) is 3. The van der Waals surface area contributed by atoms with Crippen molar-refractivity contribution in [2.45, 2.75) is 39.5 Å². The van der Waals surface area contributed by atoms with E-state index in [9.17, 15) is 14.7 Å². The van der Waals surface area contributed by atoms with E-state index in [1.54, 1.807) is 6.92 Å². The molecule has 4 rings (SSSR count). The Morgan fingerprint density at radius 3 is 2.44 bits per heavy atom. The van der Waals surface area contributed by atoms with E-state index in [2.05, 4.69) is 55.5 Å². The van der Waals surface area contributed by atoms with E-state index in [1.807, 2.05) is 19.2 Å². The Morgan fingerprint density at radius 2 is 1.78 bits per heavy atom. The monoisotopic (exact) mass is 489 g/mol. The normalized spacial score (nSPS) is 14.0. The van der Waals surface area contributed by atoms with E-state index in [1.165, 1.54) is 16.8 Å². The number of aliphatic carboxylic acids is 1. The predicted octanol–water partition coefficient (Wildman–Crippen LogP) is 3.06. The smallest absolute Gasteiger partial charge is 0.322 e. The molecule has 0 spiro atoms. The van der Waals surface area contributed by atoms with E-state index in [-0.39, 0.29) is 11.4 Å². The largest absolute Gasteiger partial charge is 0.504 e. The van der Waals surface area contributed by atoms with Gasteiger partial charge < -0.3 is 20.4 Å². The lowest BCUT2D eigenvalue weighted by Gasteiger charge is -2.33. The van der Waals surface area contributed by atoms with Crippen molar-refractivity contribution >= 4 is 17.6 Å². The van der Waals surface area contributed by atoms with Crippen molar-refractivity contribution in [3.8, 4) is 5.75 Å². The quantitative estimate of drug-likeness (QED) is 0.440. The molecule has 1 aromatic carbocycles. The van der Waals surface area contributed by atoms with Crippen LogP contribution in [-0.2, 0) is 17.6 Å². The SMILES string of the molecule is Cc1ncccc1Cc1ccc(N2CCC(Cc3nc(C)c(O)c(C(=O)NCC(=O)O)n3)CC2)cc1. The maximum absolute atomic E-state index is 12.3. The Morgan fingerprint density at radius 1 is 1.06 bits per heavy atom. The minimum absolute atomic E-state index is 0.183. The molecule has 1 saturated heterocycles. The maximum atomic E-state index is 12.3. The van der Waals surface area contributed by atoms with Crippen LogP contribution in [0.3, 0.4) is 0 Å². The van der Waals surface area contributed by atoms with E-state index >= 15 is 0 Å². The number of amides is 1. The summed E-state index contributed by atoms with van der Waals surface area (Å²) in [5, 5.41) is 21.2. The number of aromatic nitrogens is 3. The number of rotatable bonds is 8. The number of nitrogens with one attached hydrogen (secondary N) is 1. The van der Waals surface area contributed by atoms with Gasteiger partial charge in [-0.25, -0.2) is 9.97 Å². The average molecular weight is 490 g/mol. The summed E-state index contributed by atoms with van der Waals surface area (Å²) in [4.78, 5) is 38.4. The zero-order chi connectivity index (χ0) is 25.7. The van der Waals surface area contributed by atoms with Gasteiger partial charge in [0.2, 0.25) is 0 Å². The first kappa shape index (κ1) is 25.1. The van der Waals surface area contributed by atoms with Crippen LogP contribution in [0.4, 0.5) is 5.69 Å². The highest BCUT2D eigenvalue weighted by Gasteiger charge is 2.23. The molecule has 0 aliphatic carbocycles. The molecule has 0 atom stereocenters. The summed E-state index contributed by atoms with van der Waals surface area (Å²) in [5.41, 5.74) is 4.88. The van der Waals surface area contributed by atoms with E-state index in [0.717, 1.165) is 38.0 Å². The molecule has 1 amide bonds. The number of carboxylic acid groups (broad SMARTS) is 1. The third kappa shape index (κ3) is 6.16. The summed E-state index contributed by atoms with van der Waals surface area (Å²) >= 11 is 0. The Labute approximate surface area is 210 Å². The molecule has 2 aromatic heterocycles. The van der Waals surface area contributed by atoms with Gasteiger partial charge in [0.15, 0.2) is 11.4 Å². The molecule has 0 radical (unpaired) electrons. The fraction of sp³-hybridized carbons (Fsp3) is 0.370. The molecule has 0 saturated carbocycles. The number of pyridine rings is 1. The van der Waals surface area contributed by atoms with E-state index < -0.39 is 18.4 Å². The number of carbonyl (C=O) groups is 2. The number of aryl methyl sites for hydroxylation is 2. The Hall–Kier alpha value is -4.01. The summed E-state index contributed by atoms with van der Waals surface area (Å²) < 4.78 is 0. The first-order chi connectivity index (χ1) is 17.3. The summed E-state index contributed by atoms with van der Waals surface area (Å²) in [7, 11) is 0. The molecule has 9 nitrogen and oxygen atoms in total. The van der Waals surface area contributed by atoms with Gasteiger partial charge in [-0.1, -0.05) is 18.2 Å². The van der Waals surface area contributed by atoms with E-state index in [4.69, 9.17) is 5.11 Å². The van der Waals surface area contributed by atoms with Crippen LogP contribution in [0.1, 0.15) is 51.7 Å². The van der Waals surface area contributed by atoms with Gasteiger partial charge in [0.1, 0.15) is 12.4 Å². The third-order valence-electron chi connectivity index (χ3n) is 6.62. The van der Waals surface area contributed by atoms with Crippen molar-refractivity contribution in [2.75, 3.05) is 24.5 Å². The van der Waals surface area contributed by atoms with Gasteiger partial charge >= 0.3 is 5.97 Å². The van der Waals surface area contributed by atoms with Gasteiger partial charge in [-0.3, -0.25) is 14.6 Å². The molecule has 9 heteroatoms. The van der Waals surface area contributed by atoms with Crippen molar-refractivity contribution in [1.82, 2.24) is 20.3 Å². The average Bonchev–Trinajstić information content (AvgIpc) is 2.87. The van der Waals surface area contributed by atoms with Crippen LogP contribution in [0.15, 0.2) is 42.6 Å². The Balaban J connectivity index is 1.34. The number of carboxylic acids is 1. The zero-order valence-corrected chi connectivity index (χ0v) is 20.6. The molecule has 0 bridgehead atoms. The number of anilines is 1. The van der Waals surface area contributed by atoms with Crippen LogP contribution in [-0.4, -0.2) is 56.7 Å². The van der Waals surface area contributed by atoms with Gasteiger partial charge in [-0.15, -0.1) is 0 Å². The number of aromatic hydroxyl groups is 1. The van der Waals surface area contributed by atoms with Gasteiger partial charge in [0, 0.05) is 37.1 Å². The van der Waals surface area contributed by atoms with Crippen LogP contribution in [0.25, 0.3) is 0 Å². The third-order valence-corrected chi connectivity index (χ3v) is 6.62. The van der Waals surface area contributed by atoms with Crippen LogP contribution < -0.4 is 10.2 Å². The fourth-order valence-electron chi connectivity index (χ4n) is 4.52. The highest BCUT2D eigenvalue weighted by Crippen LogP contribution is 2.27. The summed E-state index contributed by atoms with van der Waals surface area (Å²) in [6.07, 6.45) is 5.20. The van der Waals surface area contributed by atoms with Crippen LogP contribution in [0.5, 0.6) is 5.75 Å². The Bertz CT molecular complexity index is 1240. The maximum Gasteiger partial charge on any atom is 0.322 e. The highest BCUT2D eigenvalue weighted by molar-refractivity contribution is 5.96. The molecule has 3 N–H and O–H groups in total. The summed E-state index contributed by atoms with van der Waals surface area (Å²) in [5.74, 6) is -1.37. The zero-order valence-electron chi connectivity index (χ0n) is 20.6. The van der Waals surface area contributed by atoms with Gasteiger partial charge in [0.05, 0.1) is 5.69 Å². The lowest BCUT2D eigenvalue weighted by molar-refractivity contribution is -0.135. The van der Waals surface area contributed by atoms with Gasteiger partial charge in [0.25, 0.3) is 5.91 Å². The lowest BCUT2D eigenvalue weighted by Crippen LogP contribution is -2.34. The first-order valence-corrected chi connectivity index (χ1v) is 12.1. The number of hydrogen-bond acceptors (Lipinski definition) is 7. The van der Waals surface area contributed by atoms with E-state index in [0.29, 0.717) is 23.9 Å². The number of carbonyl (C=O) groups excluding carboxylic acids is 1. The standard InChI is InChI=1S/C27H31N5O4/c1-17-21(4-3-11-28-17)14-19-5-7-22(8-6-19)32-12-9-20(10-13-32)15-23-30-18(2)26(35)25(31-23)27(36)29-16-24(33)34/h3-8,11,20,35H,9-10,12-16H2,1-2H3,(H,29,36)(H,33,34). The minimum atomic E-state index is -1.17. The molecule has 1 aliphatic rings. The van der Waals surface area contributed by atoms with Crippen molar-refractivity contribution in [1.29, 1.82) is 0 Å². The first-order valence-electron chi connectivity index (χ1n) is 12.1. The molecule has 1 aliphatic heterocycles. The van der Waals surface area contributed by atoms with Crippen molar-refractivity contribution in [2.24, 2.45) is 5.92 Å². The minimum Gasteiger partial charge on any atom is -0.504 e. The van der Waals surface area contributed by atoms with Crippen LogP contribution in [0, 0.1) is 19.8 Å². The van der Waals surface area contributed by atoms with Gasteiger partial charge in [-0.05, 0) is 68.4 Å². The lowest BCUT2D eigenvalue weighted by atomic mass is 9.92. The predicted molar refractivity (Wildman–Crippen MR) is 135 cm³/mol. The molecular weight excluding hydrogens is 458 g/mol. The van der Waals surface area contributed by atoms with Crippen molar-refractivity contribution in [3.63, 3.8) is 0 Å². The molecule has 3 heterocycles. The number of nitrogens with zero attached hydrogens (tertiary/aromatic N) is 4. The number of piperidine rings is 1. The molecule has 0 unspecified atom stereocenters. The van der Waals surface area contributed by atoms with Crippen LogP contribution in [0.2, 0.25) is 0 Å². The molecule has 188 valence electrons. The summed E-state index contributed by atoms with van der Waals surface area (Å²) in [6.45, 7) is 4.92. The summed E-state index contributed by atoms with van der Waals surface area (Å²) in [6, 6.07) is 12.8. The molecular formula is C27H31N5O4. The second-order valence-electron chi connectivity index (χ2n) is 9.22. The van der Waals surface area contributed by atoms with Crippen molar-refractivity contribution in [3.05, 3.63) is 76.6 Å². The second kappa shape index (κ2) is 11.2. The van der Waals surface area contributed by atoms with Crippen molar-refractivity contribution < 1.29 is 19.8 Å². The highest BCUT2D eigenvalue weighted by atomic mass is 16.4.